The number of primary amides is 1. The molecule has 5 rings (SSSR count). The largest absolute Gasteiger partial charge is 0.511 e. The van der Waals surface area contributed by atoms with E-state index < -0.39 is 40.6 Å². The Bertz CT molecular complexity index is 1370. The van der Waals surface area contributed by atoms with Crippen LogP contribution in [0.2, 0.25) is 0 Å². The molecule has 2 aromatic rings. The van der Waals surface area contributed by atoms with Crippen molar-refractivity contribution >= 4 is 23.2 Å². The summed E-state index contributed by atoms with van der Waals surface area (Å²) in [5, 5.41) is 32.6. The lowest BCUT2D eigenvalue weighted by Gasteiger charge is -2.41. The van der Waals surface area contributed by atoms with Crippen LogP contribution in [-0.2, 0) is 20.8 Å². The van der Waals surface area contributed by atoms with E-state index in [-0.39, 0.29) is 35.0 Å². The molecule has 1 saturated carbocycles. The first-order valence-corrected chi connectivity index (χ1v) is 11.8. The smallest absolute Gasteiger partial charge is 0.255 e. The molecule has 0 radical (unpaired) electrons. The van der Waals surface area contributed by atoms with Crippen molar-refractivity contribution in [3.05, 3.63) is 70.0 Å². The number of ketones is 2. The van der Waals surface area contributed by atoms with Gasteiger partial charge in [-0.25, -0.2) is 0 Å². The van der Waals surface area contributed by atoms with E-state index in [2.05, 4.69) is 26.0 Å². The Kier molecular flexibility index (Phi) is 5.31. The van der Waals surface area contributed by atoms with Crippen molar-refractivity contribution in [1.82, 2.24) is 0 Å². The molecule has 7 nitrogen and oxygen atoms in total. The second-order valence-electron chi connectivity index (χ2n) is 10.0. The molecule has 0 aliphatic heterocycles. The molecular weight excluding hydrogens is 446 g/mol. The molecule has 1 fully saturated rings. The highest BCUT2D eigenvalue weighted by Gasteiger charge is 2.50. The fourth-order valence-corrected chi connectivity index (χ4v) is 5.98. The van der Waals surface area contributed by atoms with Gasteiger partial charge in [0, 0.05) is 12.0 Å². The maximum Gasteiger partial charge on any atom is 0.255 e. The number of aliphatic hydroxyl groups is 2. The zero-order valence-electron chi connectivity index (χ0n) is 19.5. The first kappa shape index (κ1) is 22.9. The van der Waals surface area contributed by atoms with Crippen molar-refractivity contribution < 1.29 is 29.7 Å². The number of Topliss-reactive ketones (excluding diaryl/α,β-unsaturated/α-hetero) is 2. The first-order valence-electron chi connectivity index (χ1n) is 11.8. The van der Waals surface area contributed by atoms with Crippen molar-refractivity contribution in [3.63, 3.8) is 0 Å². The summed E-state index contributed by atoms with van der Waals surface area (Å²) in [7, 11) is 0. The van der Waals surface area contributed by atoms with Gasteiger partial charge in [0.15, 0.2) is 11.6 Å². The van der Waals surface area contributed by atoms with E-state index in [0.29, 0.717) is 18.8 Å². The standard InChI is InChI=1S/C28H27NO6/c1-12(2)13-4-3-5-14(8-13)17-6-7-19(30)23-18(17)10-15-9-16-11-20(31)24(28(29)35)27(34)22(16)25(32)21(15)26(23)33/h3-8,12,15-16,22,30,33-34H,9-11H2,1-2H3,(H2,29,35)/t15-,16+,22?/m1/s1. The number of allylic oxidation sites excluding steroid dienone is 2. The van der Waals surface area contributed by atoms with E-state index in [0.717, 1.165) is 22.3 Å². The average molecular weight is 474 g/mol. The van der Waals surface area contributed by atoms with Gasteiger partial charge in [0.25, 0.3) is 5.91 Å². The number of phenolic OH excluding ortho intramolecular Hbond substituents is 1. The Morgan fingerprint density at radius 3 is 2.49 bits per heavy atom. The predicted molar refractivity (Wildman–Crippen MR) is 129 cm³/mol. The van der Waals surface area contributed by atoms with Crippen LogP contribution in [0.4, 0.5) is 0 Å². The molecule has 0 saturated heterocycles. The zero-order chi connectivity index (χ0) is 25.2. The molecule has 0 heterocycles. The summed E-state index contributed by atoms with van der Waals surface area (Å²) < 4.78 is 0. The molecule has 1 amide bonds. The molecule has 5 N–H and O–H groups in total. The normalized spacial score (nSPS) is 23.8. The number of carbonyl (C=O) groups is 3. The second-order valence-corrected chi connectivity index (χ2v) is 10.0. The Morgan fingerprint density at radius 2 is 1.80 bits per heavy atom. The van der Waals surface area contributed by atoms with Gasteiger partial charge < -0.3 is 21.1 Å². The first-order chi connectivity index (χ1) is 16.6. The van der Waals surface area contributed by atoms with E-state index in [1.165, 1.54) is 6.07 Å². The van der Waals surface area contributed by atoms with Gasteiger partial charge in [-0.1, -0.05) is 44.2 Å². The Labute approximate surface area is 202 Å². The summed E-state index contributed by atoms with van der Waals surface area (Å²) in [6, 6.07) is 11.4. The van der Waals surface area contributed by atoms with Crippen LogP contribution in [0, 0.1) is 17.8 Å². The molecule has 1 unspecified atom stereocenters. The molecule has 3 atom stereocenters. The van der Waals surface area contributed by atoms with E-state index in [1.54, 1.807) is 0 Å². The minimum atomic E-state index is -1.11. The molecule has 2 aromatic carbocycles. The van der Waals surface area contributed by atoms with E-state index in [4.69, 9.17) is 5.73 Å². The van der Waals surface area contributed by atoms with Gasteiger partial charge in [-0.15, -0.1) is 0 Å². The van der Waals surface area contributed by atoms with Gasteiger partial charge in [0.1, 0.15) is 22.8 Å². The SMILES string of the molecule is CC(C)c1cccc(-c2ccc(O)c3c2C[C@H]2C[C@H]4CC(=O)C(C(N)=O)=C(O)C4C(=O)C2=C3O)c1. The maximum absolute atomic E-state index is 13.5. The van der Waals surface area contributed by atoms with Crippen molar-refractivity contribution in [2.75, 3.05) is 0 Å². The fourth-order valence-electron chi connectivity index (χ4n) is 5.98. The predicted octanol–water partition coefficient (Wildman–Crippen LogP) is 4.10. The summed E-state index contributed by atoms with van der Waals surface area (Å²) in [5.41, 5.74) is 8.77. The molecule has 7 heteroatoms. The summed E-state index contributed by atoms with van der Waals surface area (Å²) in [6.45, 7) is 4.21. The maximum atomic E-state index is 13.5. The van der Waals surface area contributed by atoms with E-state index in [9.17, 15) is 29.7 Å². The van der Waals surface area contributed by atoms with Crippen LogP contribution in [0.25, 0.3) is 16.9 Å². The van der Waals surface area contributed by atoms with Crippen molar-refractivity contribution in [3.8, 4) is 16.9 Å². The van der Waals surface area contributed by atoms with Crippen molar-refractivity contribution in [1.29, 1.82) is 0 Å². The van der Waals surface area contributed by atoms with Gasteiger partial charge in [-0.05, 0) is 58.9 Å². The van der Waals surface area contributed by atoms with Gasteiger partial charge in [0.2, 0.25) is 0 Å². The second kappa shape index (κ2) is 8.12. The molecule has 3 aliphatic carbocycles. The molecule has 3 aliphatic rings. The van der Waals surface area contributed by atoms with Crippen LogP contribution < -0.4 is 5.73 Å². The lowest BCUT2D eigenvalue weighted by atomic mass is 9.61. The van der Waals surface area contributed by atoms with Crippen molar-refractivity contribution in [2.24, 2.45) is 23.5 Å². The highest BCUT2D eigenvalue weighted by molar-refractivity contribution is 6.21. The minimum Gasteiger partial charge on any atom is -0.511 e. The molecule has 0 bridgehead atoms. The van der Waals surface area contributed by atoms with Gasteiger partial charge >= 0.3 is 0 Å². The van der Waals surface area contributed by atoms with Crippen LogP contribution in [0.15, 0.2) is 53.3 Å². The van der Waals surface area contributed by atoms with Crippen LogP contribution in [0.1, 0.15) is 49.3 Å². The number of rotatable bonds is 3. The third-order valence-corrected chi connectivity index (χ3v) is 7.64. The number of nitrogens with two attached hydrogens (primary N) is 1. The number of carbonyl (C=O) groups excluding carboxylic acids is 3. The number of amides is 1. The van der Waals surface area contributed by atoms with Crippen molar-refractivity contribution in [2.45, 2.75) is 39.0 Å². The topological polar surface area (TPSA) is 138 Å². The Hall–Kier alpha value is -3.87. The minimum absolute atomic E-state index is 0.0700. The molecule has 0 aromatic heterocycles. The third-order valence-electron chi connectivity index (χ3n) is 7.64. The summed E-state index contributed by atoms with van der Waals surface area (Å²) >= 11 is 0. The van der Waals surface area contributed by atoms with Gasteiger partial charge in [-0.2, -0.15) is 0 Å². The van der Waals surface area contributed by atoms with Gasteiger partial charge in [-0.3, -0.25) is 14.4 Å². The van der Waals surface area contributed by atoms with Gasteiger partial charge in [0.05, 0.1) is 11.5 Å². The van der Waals surface area contributed by atoms with E-state index >= 15 is 0 Å². The summed E-state index contributed by atoms with van der Waals surface area (Å²) in [6.07, 6.45) is 0.693. The van der Waals surface area contributed by atoms with Crippen LogP contribution >= 0.6 is 0 Å². The quantitative estimate of drug-likeness (QED) is 0.495. The molecular formula is C28H27NO6. The lowest BCUT2D eigenvalue weighted by molar-refractivity contribution is -0.127. The fraction of sp³-hybridized carbons (Fsp3) is 0.321. The highest BCUT2D eigenvalue weighted by atomic mass is 16.3. The summed E-state index contributed by atoms with van der Waals surface area (Å²) in [5.74, 6) is -4.92. The molecule has 0 spiro atoms. The summed E-state index contributed by atoms with van der Waals surface area (Å²) in [4.78, 5) is 37.7. The average Bonchev–Trinajstić information content (AvgIpc) is 2.78. The highest BCUT2D eigenvalue weighted by Crippen LogP contribution is 2.51. The zero-order valence-corrected chi connectivity index (χ0v) is 19.5. The third kappa shape index (κ3) is 3.45. The number of phenols is 1. The van der Waals surface area contributed by atoms with E-state index in [1.807, 2.05) is 18.2 Å². The number of aromatic hydroxyl groups is 1. The van der Waals surface area contributed by atoms with Crippen LogP contribution in [0.5, 0.6) is 5.75 Å². The monoisotopic (exact) mass is 473 g/mol. The number of aliphatic hydroxyl groups excluding tert-OH is 2. The number of hydrogen-bond acceptors (Lipinski definition) is 6. The molecule has 180 valence electrons. The lowest BCUT2D eigenvalue weighted by Crippen LogP contribution is -2.44. The Balaban J connectivity index is 1.66. The number of hydrogen-bond donors (Lipinski definition) is 4. The Morgan fingerprint density at radius 1 is 1.06 bits per heavy atom. The molecule has 35 heavy (non-hydrogen) atoms. The van der Waals surface area contributed by atoms with Crippen LogP contribution in [-0.4, -0.2) is 32.8 Å². The number of benzene rings is 2. The van der Waals surface area contributed by atoms with Crippen LogP contribution in [0.3, 0.4) is 0 Å². The number of fused-ring (bicyclic) bond motifs is 3.